The molecule has 1 aliphatic carbocycles. The third-order valence-corrected chi connectivity index (χ3v) is 6.51. The number of likely N-dealkylation sites (tertiary alicyclic amines) is 1. The average Bonchev–Trinajstić information content (AvgIpc) is 3.59. The average molecular weight is 435 g/mol. The highest BCUT2D eigenvalue weighted by Gasteiger charge is 2.45. The number of carbonyl (C=O) groups excluding carboxylic acids is 2. The summed E-state index contributed by atoms with van der Waals surface area (Å²) >= 11 is 0. The lowest BCUT2D eigenvalue weighted by atomic mass is 10.1. The zero-order valence-corrected chi connectivity index (χ0v) is 18.7. The second-order valence-corrected chi connectivity index (χ2v) is 8.94. The van der Waals surface area contributed by atoms with Crippen molar-refractivity contribution in [3.05, 3.63) is 71.8 Å². The minimum absolute atomic E-state index is 0.0744. The van der Waals surface area contributed by atoms with Crippen LogP contribution in [0.2, 0.25) is 0 Å². The largest absolute Gasteiger partial charge is 0.353 e. The van der Waals surface area contributed by atoms with Gasteiger partial charge in [-0.05, 0) is 36.8 Å². The van der Waals surface area contributed by atoms with E-state index >= 15 is 0 Å². The molecule has 2 unspecified atom stereocenters. The summed E-state index contributed by atoms with van der Waals surface area (Å²) in [6, 6.07) is 20.7. The quantitative estimate of drug-likeness (QED) is 0.601. The van der Waals surface area contributed by atoms with Crippen molar-refractivity contribution in [2.24, 2.45) is 11.7 Å². The van der Waals surface area contributed by atoms with Crippen molar-refractivity contribution in [3.63, 3.8) is 0 Å². The molecule has 0 radical (unpaired) electrons. The molecule has 1 heterocycles. The van der Waals surface area contributed by atoms with Gasteiger partial charge in [-0.2, -0.15) is 0 Å². The summed E-state index contributed by atoms with van der Waals surface area (Å²) in [7, 11) is 0. The molecule has 0 spiro atoms. The number of nitrogens with two attached hydrogens (primary N) is 1. The number of hydrogen-bond donors (Lipinski definition) is 2. The van der Waals surface area contributed by atoms with Gasteiger partial charge >= 0.3 is 0 Å². The summed E-state index contributed by atoms with van der Waals surface area (Å²) in [5.74, 6) is 0.170. The predicted octanol–water partition coefficient (Wildman–Crippen LogP) is 2.19. The van der Waals surface area contributed by atoms with Crippen LogP contribution in [0.25, 0.3) is 0 Å². The second-order valence-electron chi connectivity index (χ2n) is 8.94. The van der Waals surface area contributed by atoms with Crippen LogP contribution in [0.4, 0.5) is 0 Å². The van der Waals surface area contributed by atoms with Crippen molar-refractivity contribution >= 4 is 11.8 Å². The van der Waals surface area contributed by atoms with Gasteiger partial charge in [0.1, 0.15) is 6.04 Å². The summed E-state index contributed by atoms with van der Waals surface area (Å²) in [6.45, 7) is 3.13. The molecule has 6 nitrogen and oxygen atoms in total. The third-order valence-electron chi connectivity index (χ3n) is 6.51. The number of carbonyl (C=O) groups is 2. The van der Waals surface area contributed by atoms with Gasteiger partial charge < -0.3 is 16.0 Å². The first-order valence-electron chi connectivity index (χ1n) is 11.8. The van der Waals surface area contributed by atoms with Crippen LogP contribution in [-0.2, 0) is 22.6 Å². The van der Waals surface area contributed by atoms with Gasteiger partial charge in [-0.1, -0.05) is 60.7 Å². The fourth-order valence-electron chi connectivity index (χ4n) is 4.57. The van der Waals surface area contributed by atoms with E-state index in [4.69, 9.17) is 5.73 Å². The van der Waals surface area contributed by atoms with E-state index in [0.29, 0.717) is 26.1 Å². The highest BCUT2D eigenvalue weighted by atomic mass is 16.2. The normalized spacial score (nSPS) is 20.5. The molecule has 1 saturated heterocycles. The molecule has 1 aliphatic heterocycles. The third kappa shape index (κ3) is 5.75. The van der Waals surface area contributed by atoms with Gasteiger partial charge in [0, 0.05) is 44.7 Å². The van der Waals surface area contributed by atoms with E-state index < -0.39 is 6.04 Å². The molecule has 2 amide bonds. The minimum Gasteiger partial charge on any atom is -0.353 e. The molecule has 3 N–H and O–H groups in total. The van der Waals surface area contributed by atoms with E-state index in [1.54, 1.807) is 0 Å². The molecule has 4 rings (SSSR count). The van der Waals surface area contributed by atoms with E-state index in [2.05, 4.69) is 58.7 Å². The molecule has 2 aromatic carbocycles. The smallest absolute Gasteiger partial charge is 0.242 e. The molecule has 170 valence electrons. The fraction of sp³-hybridized carbons (Fsp3) is 0.462. The summed E-state index contributed by atoms with van der Waals surface area (Å²) in [4.78, 5) is 30.2. The van der Waals surface area contributed by atoms with Crippen LogP contribution in [0.5, 0.6) is 0 Å². The summed E-state index contributed by atoms with van der Waals surface area (Å²) in [5, 5.41) is 2.91. The molecule has 0 aromatic heterocycles. The molecule has 6 heteroatoms. The molecule has 2 aromatic rings. The Hall–Kier alpha value is -2.70. The summed E-state index contributed by atoms with van der Waals surface area (Å²) in [6.07, 6.45) is 3.49. The standard InChI is InChI=1S/C26H34N4O2/c27-14-15-28-25(31)24-17-23(19-30(24)26(32)22-11-12-22)29(18-21-9-5-2-6-10-21)16-13-20-7-3-1-4-8-20/h1-10,22-24H,11-19,27H2,(H,28,31). The monoisotopic (exact) mass is 434 g/mol. The molecule has 2 aliphatic rings. The van der Waals surface area contributed by atoms with Crippen molar-refractivity contribution < 1.29 is 9.59 Å². The topological polar surface area (TPSA) is 78.7 Å². The molecular formula is C26H34N4O2. The summed E-state index contributed by atoms with van der Waals surface area (Å²) < 4.78 is 0. The Kier molecular flexibility index (Phi) is 7.55. The molecule has 2 fully saturated rings. The Morgan fingerprint density at radius 1 is 1.00 bits per heavy atom. The number of nitrogens with one attached hydrogen (secondary N) is 1. The SMILES string of the molecule is NCCNC(=O)C1CC(N(CCc2ccccc2)Cc2ccccc2)CN1C(=O)C1CC1. The molecule has 1 saturated carbocycles. The van der Waals surface area contributed by atoms with E-state index in [1.165, 1.54) is 11.1 Å². The van der Waals surface area contributed by atoms with E-state index in [1.807, 2.05) is 17.0 Å². The van der Waals surface area contributed by atoms with Crippen LogP contribution in [0.15, 0.2) is 60.7 Å². The van der Waals surface area contributed by atoms with Gasteiger partial charge in [-0.25, -0.2) is 0 Å². The van der Waals surface area contributed by atoms with Crippen molar-refractivity contribution in [1.29, 1.82) is 0 Å². The van der Waals surface area contributed by atoms with Crippen LogP contribution in [0.3, 0.4) is 0 Å². The van der Waals surface area contributed by atoms with Crippen LogP contribution >= 0.6 is 0 Å². The maximum Gasteiger partial charge on any atom is 0.242 e. The van der Waals surface area contributed by atoms with Crippen LogP contribution in [0.1, 0.15) is 30.4 Å². The second kappa shape index (κ2) is 10.7. The van der Waals surface area contributed by atoms with Crippen LogP contribution < -0.4 is 11.1 Å². The summed E-state index contributed by atoms with van der Waals surface area (Å²) in [5.41, 5.74) is 8.13. The Bertz CT molecular complexity index is 885. The van der Waals surface area contributed by atoms with Gasteiger partial charge in [0.15, 0.2) is 0 Å². The number of hydrogen-bond acceptors (Lipinski definition) is 4. The van der Waals surface area contributed by atoms with E-state index in [0.717, 1.165) is 32.4 Å². The van der Waals surface area contributed by atoms with Crippen LogP contribution in [-0.4, -0.2) is 59.9 Å². The number of amides is 2. The first-order chi connectivity index (χ1) is 15.7. The zero-order chi connectivity index (χ0) is 22.3. The number of nitrogens with zero attached hydrogens (tertiary/aromatic N) is 2. The Morgan fingerprint density at radius 2 is 1.66 bits per heavy atom. The molecular weight excluding hydrogens is 400 g/mol. The van der Waals surface area contributed by atoms with E-state index in [9.17, 15) is 9.59 Å². The highest BCUT2D eigenvalue weighted by Crippen LogP contribution is 2.35. The van der Waals surface area contributed by atoms with Crippen molar-refractivity contribution in [1.82, 2.24) is 15.1 Å². The predicted molar refractivity (Wildman–Crippen MR) is 126 cm³/mol. The van der Waals surface area contributed by atoms with Crippen molar-refractivity contribution in [2.75, 3.05) is 26.2 Å². The number of benzene rings is 2. The minimum atomic E-state index is -0.408. The zero-order valence-electron chi connectivity index (χ0n) is 18.7. The van der Waals surface area contributed by atoms with Gasteiger partial charge in [0.2, 0.25) is 11.8 Å². The first kappa shape index (κ1) is 22.5. The van der Waals surface area contributed by atoms with Crippen molar-refractivity contribution in [2.45, 2.75) is 44.3 Å². The first-order valence-corrected chi connectivity index (χ1v) is 11.8. The lowest BCUT2D eigenvalue weighted by Gasteiger charge is -2.29. The molecule has 2 atom stereocenters. The maximum atomic E-state index is 13.0. The van der Waals surface area contributed by atoms with Gasteiger partial charge in [0.05, 0.1) is 0 Å². The lowest BCUT2D eigenvalue weighted by molar-refractivity contribution is -0.139. The van der Waals surface area contributed by atoms with Crippen molar-refractivity contribution in [3.8, 4) is 0 Å². The van der Waals surface area contributed by atoms with Crippen LogP contribution in [0, 0.1) is 5.92 Å². The number of rotatable bonds is 10. The Labute approximate surface area is 190 Å². The van der Waals surface area contributed by atoms with Gasteiger partial charge in [0.25, 0.3) is 0 Å². The van der Waals surface area contributed by atoms with Gasteiger partial charge in [-0.15, -0.1) is 0 Å². The Morgan fingerprint density at radius 3 is 2.28 bits per heavy atom. The van der Waals surface area contributed by atoms with E-state index in [-0.39, 0.29) is 23.8 Å². The Balaban J connectivity index is 1.51. The molecule has 32 heavy (non-hydrogen) atoms. The molecule has 0 bridgehead atoms. The van der Waals surface area contributed by atoms with Gasteiger partial charge in [-0.3, -0.25) is 14.5 Å². The highest BCUT2D eigenvalue weighted by molar-refractivity contribution is 5.90. The lowest BCUT2D eigenvalue weighted by Crippen LogP contribution is -2.47. The fourth-order valence-corrected chi connectivity index (χ4v) is 4.57. The maximum absolute atomic E-state index is 13.0.